The Hall–Kier alpha value is -0.190. The molecule has 14 rings (SSSR count). The van der Waals surface area contributed by atoms with E-state index in [9.17, 15) is 28.3 Å². The van der Waals surface area contributed by atoms with Crippen molar-refractivity contribution in [1.29, 1.82) is 0 Å². The van der Waals surface area contributed by atoms with Gasteiger partial charge in [0.15, 0.2) is 11.6 Å². The van der Waals surface area contributed by atoms with Gasteiger partial charge < -0.3 is 38.8 Å². The molecule has 6 bridgehead atoms. The molecule has 392 valence electrons. The fraction of sp³-hybridized carbons (Fsp3) is 0.897. The smallest absolute Gasteiger partial charge is 0.726 e. The van der Waals surface area contributed by atoms with Crippen LogP contribution in [0.4, 0.5) is 0 Å². The largest absolute Gasteiger partial charge is 1.00 e. The van der Waals surface area contributed by atoms with Gasteiger partial charge in [0.25, 0.3) is 0 Å². The molecule has 19 atom stereocenters. The van der Waals surface area contributed by atoms with Gasteiger partial charge in [-0.2, -0.15) is 0 Å². The minimum atomic E-state index is -5.06. The molecule has 0 radical (unpaired) electrons. The van der Waals surface area contributed by atoms with E-state index in [-0.39, 0.29) is 99.5 Å². The monoisotopic (exact) mass is 1010 g/mol. The molecule has 2 spiro atoms. The van der Waals surface area contributed by atoms with Gasteiger partial charge in [0.1, 0.15) is 6.10 Å². The van der Waals surface area contributed by atoms with E-state index in [4.69, 9.17) is 23.1 Å². The summed E-state index contributed by atoms with van der Waals surface area (Å²) in [7, 11) is -5.06. The van der Waals surface area contributed by atoms with Crippen LogP contribution in [-0.2, 0) is 33.5 Å². The summed E-state index contributed by atoms with van der Waals surface area (Å²) < 4.78 is 70.3. The van der Waals surface area contributed by atoms with Crippen LogP contribution in [0, 0.1) is 79.8 Å². The number of aliphatic hydroxyl groups excluding tert-OH is 1. The Labute approximate surface area is 448 Å². The second kappa shape index (κ2) is 16.4. The second-order valence-corrected chi connectivity index (χ2v) is 29.6. The molecule has 0 aromatic heterocycles. The number of hydrogen-bond donors (Lipinski definition) is 3. The SMILES string of the molecule is CC([C@H]1CCC2C3=C(CC[C@@]21C)[C@@]12CO[C@](O)([C@@H](O)C1)C(C)(C)C2[C@@H](OS(=O)(=O)[O-])C3)[C@H]1C[C@@H]2C[C@@](C)(OC2(C)C)[C@H](CC[C@@H](C)[C@H]2CCC3C4=C(CC[C@@]32C)[C@]23CC[C@@](O)(OC2)C(C)(C)C3=CC4)O1.[Na+]. The Morgan fingerprint density at radius 1 is 0.831 bits per heavy atom. The van der Waals surface area contributed by atoms with E-state index in [1.54, 1.807) is 11.1 Å². The summed E-state index contributed by atoms with van der Waals surface area (Å²) in [6.45, 7) is 25.9. The Kier molecular flexibility index (Phi) is 12.2. The molecule has 13 heteroatoms. The van der Waals surface area contributed by atoms with Gasteiger partial charge in [-0.05, 0) is 176 Å². The molecule has 71 heavy (non-hydrogen) atoms. The zero-order valence-corrected chi connectivity index (χ0v) is 48.3. The first-order valence-electron chi connectivity index (χ1n) is 28.1. The molecular formula is C58H87NaO11S. The van der Waals surface area contributed by atoms with Crippen molar-refractivity contribution in [2.45, 2.75) is 233 Å². The Balaban J connectivity index is 0.00000547. The van der Waals surface area contributed by atoms with Crippen LogP contribution >= 0.6 is 0 Å². The third-order valence-corrected chi connectivity index (χ3v) is 25.4. The minimum absolute atomic E-state index is 0. The van der Waals surface area contributed by atoms with Crippen molar-refractivity contribution in [3.05, 3.63) is 33.9 Å². The normalized spacial score (nSPS) is 51.5. The Bertz CT molecular complexity index is 2420. The van der Waals surface area contributed by atoms with E-state index in [0.717, 1.165) is 70.6 Å². The molecule has 11 nitrogen and oxygen atoms in total. The average Bonchev–Trinajstić information content (AvgIpc) is 3.85. The molecule has 8 aliphatic carbocycles. The van der Waals surface area contributed by atoms with E-state index in [1.165, 1.54) is 36.0 Å². The summed E-state index contributed by atoms with van der Waals surface area (Å²) in [5.41, 5.74) is 4.66. The van der Waals surface area contributed by atoms with Gasteiger partial charge >= 0.3 is 29.6 Å². The summed E-state index contributed by atoms with van der Waals surface area (Å²) in [6.07, 6.45) is 16.6. The predicted octanol–water partition coefficient (Wildman–Crippen LogP) is 7.24. The van der Waals surface area contributed by atoms with Crippen molar-refractivity contribution in [3.8, 4) is 0 Å². The molecule has 14 aliphatic rings. The summed E-state index contributed by atoms with van der Waals surface area (Å²) in [6, 6.07) is 0. The fourth-order valence-electron chi connectivity index (χ4n) is 21.4. The first-order chi connectivity index (χ1) is 32.5. The Morgan fingerprint density at radius 2 is 1.49 bits per heavy atom. The van der Waals surface area contributed by atoms with Crippen LogP contribution < -0.4 is 29.6 Å². The Morgan fingerprint density at radius 3 is 2.15 bits per heavy atom. The van der Waals surface area contributed by atoms with Crippen LogP contribution in [0.1, 0.15) is 185 Å². The van der Waals surface area contributed by atoms with E-state index in [1.807, 2.05) is 13.8 Å². The fourth-order valence-corrected chi connectivity index (χ4v) is 21.9. The quantitative estimate of drug-likeness (QED) is 0.0973. The third-order valence-electron chi connectivity index (χ3n) is 24.9. The van der Waals surface area contributed by atoms with Crippen LogP contribution in [-0.4, -0.2) is 88.7 Å². The number of allylic oxidation sites excluding steroid dienone is 2. The minimum Gasteiger partial charge on any atom is -0.726 e. The van der Waals surface area contributed by atoms with Crippen molar-refractivity contribution >= 4 is 10.4 Å². The van der Waals surface area contributed by atoms with Crippen LogP contribution in [0.25, 0.3) is 0 Å². The molecule has 3 N–H and O–H groups in total. The molecule has 0 aromatic rings. The number of rotatable bonds is 8. The number of fused-ring (bicyclic) bond motifs is 10. The van der Waals surface area contributed by atoms with Gasteiger partial charge in [-0.25, -0.2) is 8.42 Å². The molecule has 4 unspecified atom stereocenters. The van der Waals surface area contributed by atoms with Gasteiger partial charge in [-0.1, -0.05) is 89.3 Å². The van der Waals surface area contributed by atoms with E-state index < -0.39 is 50.9 Å². The first kappa shape index (κ1) is 52.8. The van der Waals surface area contributed by atoms with Crippen molar-refractivity contribution in [3.63, 3.8) is 0 Å². The maximum absolute atomic E-state index is 12.5. The van der Waals surface area contributed by atoms with Crippen LogP contribution in [0.3, 0.4) is 0 Å². The van der Waals surface area contributed by atoms with E-state index >= 15 is 0 Å². The zero-order chi connectivity index (χ0) is 50.0. The van der Waals surface area contributed by atoms with Crippen LogP contribution in [0.2, 0.25) is 0 Å². The van der Waals surface area contributed by atoms with Crippen molar-refractivity contribution in [1.82, 2.24) is 0 Å². The number of hydrogen-bond acceptors (Lipinski definition) is 11. The standard InChI is InChI=1S/C58H88O11S.Na/c1-32(37-14-16-39-35-13-18-45-49(3,4)57(60)25-24-55(45,30-65-57)41(35)20-22-52(37,39)9)12-19-47-54(11)28-34(51(7,8)69-54)26-43(67-47)33(2)38-15-17-40-36-27-44(68-70(62,63)64)48-50(5,6)58(61)46(59)29-56(48,31-66-58)42(36)21-23-53(38,40)10;/h18,32-34,37-40,43-44,46-48,59-61H,12-17,19-31H2,1-11H3,(H,62,63,64);/q;+1/p-1/t32-,33?,34-,37-,38-,39?,40?,43-,44+,46+,47+,48?,52-,53-,54-,55+,56+,57-,58-;/m1./s1. The maximum Gasteiger partial charge on any atom is 1.00 e. The van der Waals surface area contributed by atoms with E-state index in [2.05, 4.69) is 68.4 Å². The predicted molar refractivity (Wildman–Crippen MR) is 263 cm³/mol. The average molecular weight is 1020 g/mol. The summed E-state index contributed by atoms with van der Waals surface area (Å²) in [4.78, 5) is 0. The van der Waals surface area contributed by atoms with Crippen LogP contribution in [0.15, 0.2) is 33.9 Å². The van der Waals surface area contributed by atoms with Gasteiger partial charge in [0.2, 0.25) is 10.4 Å². The second-order valence-electron chi connectivity index (χ2n) is 28.6. The summed E-state index contributed by atoms with van der Waals surface area (Å²) in [5, 5.41) is 34.8. The van der Waals surface area contributed by atoms with Gasteiger partial charge in [0.05, 0.1) is 42.7 Å². The summed E-state index contributed by atoms with van der Waals surface area (Å²) in [5.74, 6) is -0.402. The van der Waals surface area contributed by atoms with Crippen molar-refractivity contribution in [2.24, 2.45) is 79.8 Å². The summed E-state index contributed by atoms with van der Waals surface area (Å²) >= 11 is 0. The van der Waals surface area contributed by atoms with Gasteiger partial charge in [-0.3, -0.25) is 4.18 Å². The van der Waals surface area contributed by atoms with Gasteiger partial charge in [-0.15, -0.1) is 0 Å². The van der Waals surface area contributed by atoms with E-state index in [0.29, 0.717) is 49.0 Å². The third kappa shape index (κ3) is 7.02. The molecule has 0 amide bonds. The van der Waals surface area contributed by atoms with Gasteiger partial charge in [0, 0.05) is 34.0 Å². The number of aliphatic hydroxyl groups is 3. The molecule has 4 saturated carbocycles. The number of ether oxygens (including phenoxy) is 4. The van der Waals surface area contributed by atoms with Crippen LogP contribution in [0.5, 0.6) is 0 Å². The molecular weight excluding hydrogens is 928 g/mol. The zero-order valence-electron chi connectivity index (χ0n) is 45.5. The molecule has 6 saturated heterocycles. The molecule has 6 aliphatic heterocycles. The maximum atomic E-state index is 12.5. The molecule has 10 fully saturated rings. The van der Waals surface area contributed by atoms with Crippen molar-refractivity contribution < 1.29 is 81.0 Å². The topological polar surface area (TPSA) is 164 Å². The van der Waals surface area contributed by atoms with Crippen molar-refractivity contribution in [2.75, 3.05) is 13.2 Å². The molecule has 6 heterocycles. The molecule has 0 aromatic carbocycles. The first-order valence-corrected chi connectivity index (χ1v) is 29.4.